The maximum Gasteiger partial charge on any atom is 0.223 e. The highest BCUT2D eigenvalue weighted by Gasteiger charge is 2.19. The Bertz CT molecular complexity index is 781. The first-order chi connectivity index (χ1) is 9.81. The van der Waals surface area contributed by atoms with Crippen molar-refractivity contribution in [3.8, 4) is 22.7 Å². The number of nitrogens with zero attached hydrogens (tertiary/aromatic N) is 3. The maximum atomic E-state index is 5.69. The zero-order valence-corrected chi connectivity index (χ0v) is 10.7. The number of hydrogen-bond acceptors (Lipinski definition) is 4. The number of benzene rings is 1. The molecule has 0 unspecified atom stereocenters. The van der Waals surface area contributed by atoms with Gasteiger partial charge in [0.25, 0.3) is 0 Å². The number of rotatable bonds is 1. The molecule has 0 radical (unpaired) electrons. The van der Waals surface area contributed by atoms with Gasteiger partial charge in [-0.3, -0.25) is 0 Å². The molecule has 1 aromatic carbocycles. The van der Waals surface area contributed by atoms with Crippen LogP contribution in [0.3, 0.4) is 0 Å². The second-order valence-corrected chi connectivity index (χ2v) is 4.67. The van der Waals surface area contributed by atoms with E-state index < -0.39 is 0 Å². The van der Waals surface area contributed by atoms with E-state index in [1.54, 1.807) is 12.3 Å². The first kappa shape index (κ1) is 11.0. The number of nitrogen functional groups attached to an aromatic ring is 1. The molecule has 98 valence electrons. The minimum atomic E-state index is 0.473. The van der Waals surface area contributed by atoms with Crippen LogP contribution in [0.25, 0.3) is 16.8 Å². The van der Waals surface area contributed by atoms with Gasteiger partial charge in [0, 0.05) is 18.0 Å². The van der Waals surface area contributed by atoms with Crippen molar-refractivity contribution in [2.24, 2.45) is 0 Å². The first-order valence-corrected chi connectivity index (χ1v) is 6.34. The van der Waals surface area contributed by atoms with Crippen molar-refractivity contribution in [3.05, 3.63) is 54.4 Å². The van der Waals surface area contributed by atoms with Gasteiger partial charge in [0.05, 0.1) is 5.69 Å². The lowest BCUT2D eigenvalue weighted by Crippen LogP contribution is -2.09. The normalized spacial score (nSPS) is 12.4. The summed E-state index contributed by atoms with van der Waals surface area (Å²) < 4.78 is 7.51. The third kappa shape index (κ3) is 1.64. The van der Waals surface area contributed by atoms with Gasteiger partial charge >= 0.3 is 0 Å². The van der Waals surface area contributed by atoms with Gasteiger partial charge in [-0.05, 0) is 41.5 Å². The summed E-state index contributed by atoms with van der Waals surface area (Å²) in [6.07, 6.45) is 3.68. The Morgan fingerprint density at radius 2 is 2.05 bits per heavy atom. The molecule has 3 heterocycles. The second-order valence-electron chi connectivity index (χ2n) is 4.67. The summed E-state index contributed by atoms with van der Waals surface area (Å²) >= 11 is 0. The van der Waals surface area contributed by atoms with E-state index in [2.05, 4.69) is 22.2 Å². The number of hydrogen-bond donors (Lipinski definition) is 1. The van der Waals surface area contributed by atoms with Crippen molar-refractivity contribution in [1.82, 2.24) is 14.8 Å². The van der Waals surface area contributed by atoms with Crippen molar-refractivity contribution in [3.63, 3.8) is 0 Å². The number of aromatic nitrogens is 3. The second kappa shape index (κ2) is 4.09. The third-order valence-electron chi connectivity index (χ3n) is 3.39. The van der Waals surface area contributed by atoms with Gasteiger partial charge in [-0.15, -0.1) is 0 Å². The van der Waals surface area contributed by atoms with E-state index in [9.17, 15) is 0 Å². The van der Waals surface area contributed by atoms with Crippen LogP contribution in [-0.4, -0.2) is 14.8 Å². The number of nitrogens with two attached hydrogens (primary N) is 1. The highest BCUT2D eigenvalue weighted by atomic mass is 16.5. The molecule has 4 rings (SSSR count). The van der Waals surface area contributed by atoms with Crippen LogP contribution in [0.5, 0.6) is 5.88 Å². The van der Waals surface area contributed by atoms with Gasteiger partial charge in [0.15, 0.2) is 0 Å². The fourth-order valence-electron chi connectivity index (χ4n) is 2.44. The highest BCUT2D eigenvalue weighted by molar-refractivity contribution is 5.75. The molecule has 0 saturated carbocycles. The molecule has 3 aromatic rings. The number of fused-ring (bicyclic) bond motifs is 3. The number of anilines is 1. The third-order valence-corrected chi connectivity index (χ3v) is 3.39. The van der Waals surface area contributed by atoms with Gasteiger partial charge in [-0.2, -0.15) is 10.1 Å². The Morgan fingerprint density at radius 3 is 2.90 bits per heavy atom. The molecule has 0 atom stereocenters. The number of pyridine rings is 1. The van der Waals surface area contributed by atoms with Crippen molar-refractivity contribution in [2.45, 2.75) is 6.61 Å². The van der Waals surface area contributed by atoms with E-state index in [-0.39, 0.29) is 0 Å². The predicted molar refractivity (Wildman–Crippen MR) is 75.5 cm³/mol. The molecule has 0 bridgehead atoms. The molecular weight excluding hydrogens is 252 g/mol. The predicted octanol–water partition coefficient (Wildman–Crippen LogP) is 2.41. The molecular formula is C15H12N4O. The summed E-state index contributed by atoms with van der Waals surface area (Å²) in [5.41, 5.74) is 9.94. The average molecular weight is 264 g/mol. The molecule has 1 aliphatic heterocycles. The van der Waals surface area contributed by atoms with Crippen LogP contribution >= 0.6 is 0 Å². The summed E-state index contributed by atoms with van der Waals surface area (Å²) in [6.45, 7) is 0.494. The van der Waals surface area contributed by atoms with Crippen LogP contribution in [-0.2, 0) is 6.61 Å². The molecule has 2 aromatic heterocycles. The van der Waals surface area contributed by atoms with Gasteiger partial charge < -0.3 is 10.5 Å². The van der Waals surface area contributed by atoms with E-state index in [0.717, 1.165) is 22.4 Å². The quantitative estimate of drug-likeness (QED) is 0.733. The Hall–Kier alpha value is -2.82. The summed E-state index contributed by atoms with van der Waals surface area (Å²) in [5, 5.41) is 4.24. The fourth-order valence-corrected chi connectivity index (χ4v) is 2.44. The van der Waals surface area contributed by atoms with Gasteiger partial charge in [0.1, 0.15) is 12.4 Å². The molecule has 0 spiro atoms. The molecule has 0 saturated heterocycles. The SMILES string of the molecule is Nc1ccc2c(n1)OCc1cc(-n3cccn3)ccc1-2. The van der Waals surface area contributed by atoms with Gasteiger partial charge in [0.2, 0.25) is 5.88 Å². The monoisotopic (exact) mass is 264 g/mol. The van der Waals surface area contributed by atoms with Crippen LogP contribution in [0.4, 0.5) is 5.82 Å². The van der Waals surface area contributed by atoms with Crippen molar-refractivity contribution >= 4 is 5.82 Å². The topological polar surface area (TPSA) is 66.0 Å². The fraction of sp³-hybridized carbons (Fsp3) is 0.0667. The molecule has 2 N–H and O–H groups in total. The molecule has 0 aliphatic carbocycles. The summed E-state index contributed by atoms with van der Waals surface area (Å²) in [5.74, 6) is 1.07. The van der Waals surface area contributed by atoms with Gasteiger partial charge in [-0.25, -0.2) is 4.68 Å². The van der Waals surface area contributed by atoms with E-state index in [4.69, 9.17) is 10.5 Å². The zero-order chi connectivity index (χ0) is 13.5. The smallest absolute Gasteiger partial charge is 0.223 e. The summed E-state index contributed by atoms with van der Waals surface area (Å²) in [7, 11) is 0. The average Bonchev–Trinajstić information content (AvgIpc) is 3.00. The summed E-state index contributed by atoms with van der Waals surface area (Å²) in [6, 6.07) is 11.8. The largest absolute Gasteiger partial charge is 0.472 e. The Balaban J connectivity index is 1.85. The minimum Gasteiger partial charge on any atom is -0.472 e. The Labute approximate surface area is 115 Å². The van der Waals surface area contributed by atoms with Crippen LogP contribution in [0.15, 0.2) is 48.8 Å². The van der Waals surface area contributed by atoms with Crippen LogP contribution in [0.1, 0.15) is 5.56 Å². The highest BCUT2D eigenvalue weighted by Crippen LogP contribution is 2.37. The van der Waals surface area contributed by atoms with Crippen molar-refractivity contribution in [1.29, 1.82) is 0 Å². The molecule has 0 amide bonds. The molecule has 5 heteroatoms. The van der Waals surface area contributed by atoms with E-state index >= 15 is 0 Å². The number of ether oxygens (including phenoxy) is 1. The molecule has 5 nitrogen and oxygen atoms in total. The first-order valence-electron chi connectivity index (χ1n) is 6.34. The zero-order valence-electron chi connectivity index (χ0n) is 10.7. The lowest BCUT2D eigenvalue weighted by atomic mass is 9.98. The van der Waals surface area contributed by atoms with Crippen LogP contribution in [0, 0.1) is 0 Å². The molecule has 0 fully saturated rings. The standard InChI is InChI=1S/C15H12N4O/c16-14-5-4-13-12-3-2-11(19-7-1-6-17-19)8-10(12)9-20-15(13)18-14/h1-8H,9H2,(H2,16,18). The molecule has 20 heavy (non-hydrogen) atoms. The summed E-state index contributed by atoms with van der Waals surface area (Å²) in [4.78, 5) is 4.22. The maximum absolute atomic E-state index is 5.69. The van der Waals surface area contributed by atoms with Crippen LogP contribution in [0.2, 0.25) is 0 Å². The van der Waals surface area contributed by atoms with Crippen molar-refractivity contribution in [2.75, 3.05) is 5.73 Å². The lowest BCUT2D eigenvalue weighted by Gasteiger charge is -2.20. The minimum absolute atomic E-state index is 0.473. The Kier molecular flexibility index (Phi) is 2.26. The Morgan fingerprint density at radius 1 is 1.15 bits per heavy atom. The van der Waals surface area contributed by atoms with Crippen molar-refractivity contribution < 1.29 is 4.74 Å². The van der Waals surface area contributed by atoms with E-state index in [0.29, 0.717) is 18.3 Å². The van der Waals surface area contributed by atoms with E-state index in [1.807, 2.05) is 29.1 Å². The lowest BCUT2D eigenvalue weighted by molar-refractivity contribution is 0.290. The molecule has 1 aliphatic rings. The van der Waals surface area contributed by atoms with Gasteiger partial charge in [-0.1, -0.05) is 6.07 Å². The van der Waals surface area contributed by atoms with Crippen LogP contribution < -0.4 is 10.5 Å². The van der Waals surface area contributed by atoms with E-state index in [1.165, 1.54) is 0 Å².